The van der Waals surface area contributed by atoms with E-state index < -0.39 is 27.5 Å². The van der Waals surface area contributed by atoms with Crippen LogP contribution in [-0.4, -0.2) is 41.0 Å². The summed E-state index contributed by atoms with van der Waals surface area (Å²) in [6.45, 7) is 16.0. The number of hydrogen-bond acceptors (Lipinski definition) is 7. The van der Waals surface area contributed by atoms with Crippen LogP contribution in [0.5, 0.6) is 11.5 Å². The number of allylic oxidation sites excluding steroid dienone is 2. The van der Waals surface area contributed by atoms with Gasteiger partial charge in [0.2, 0.25) is 0 Å². The molecule has 0 unspecified atom stereocenters. The molecule has 0 bridgehead atoms. The number of benzene rings is 1. The summed E-state index contributed by atoms with van der Waals surface area (Å²) in [6, 6.07) is 2.91. The number of phenolic OH excluding ortho intramolecular Hbond substituents is 1. The number of aromatic hydroxyl groups is 1. The van der Waals surface area contributed by atoms with E-state index >= 15 is 0 Å². The Morgan fingerprint density at radius 3 is 2.25 bits per heavy atom. The van der Waals surface area contributed by atoms with E-state index in [1.807, 2.05) is 0 Å². The van der Waals surface area contributed by atoms with E-state index in [0.29, 0.717) is 23.8 Å². The Kier molecular flexibility index (Phi) is 7.68. The molecule has 2 N–H and O–H groups in total. The van der Waals surface area contributed by atoms with Gasteiger partial charge in [-0.05, 0) is 138 Å². The predicted octanol–water partition coefficient (Wildman–Crippen LogP) is 7.34. The van der Waals surface area contributed by atoms with Gasteiger partial charge < -0.3 is 23.7 Å². The largest absolute Gasteiger partial charge is 0.716 e. The van der Waals surface area contributed by atoms with Crippen molar-refractivity contribution in [3.63, 3.8) is 0 Å². The third-order valence-corrected chi connectivity index (χ3v) is 14.4. The molecule has 5 aliphatic rings. The van der Waals surface area contributed by atoms with Crippen LogP contribution < -0.4 is 4.18 Å². The van der Waals surface area contributed by atoms with Crippen molar-refractivity contribution in [2.75, 3.05) is 0 Å². The highest BCUT2D eigenvalue weighted by atomic mass is 32.3. The summed E-state index contributed by atoms with van der Waals surface area (Å²) in [5.74, 6) is 1.37. The molecule has 7 nitrogen and oxygen atoms in total. The normalized spacial score (nSPS) is 44.7. The van der Waals surface area contributed by atoms with Crippen molar-refractivity contribution in [1.82, 2.24) is 0 Å². The third-order valence-electron chi connectivity index (χ3n) is 14.0. The monoisotopic (exact) mass is 629 g/mol. The fourth-order valence-electron chi connectivity index (χ4n) is 12.0. The van der Waals surface area contributed by atoms with E-state index in [4.69, 9.17) is 8.92 Å². The van der Waals surface area contributed by atoms with Crippen LogP contribution in [0.1, 0.15) is 124 Å². The number of rotatable bonds is 5. The first-order valence-electron chi connectivity index (χ1n) is 16.9. The maximum absolute atomic E-state index is 11.7. The van der Waals surface area contributed by atoms with Crippen LogP contribution in [0, 0.1) is 34.0 Å². The number of aliphatic hydroxyl groups is 1. The van der Waals surface area contributed by atoms with Crippen LogP contribution in [0.3, 0.4) is 0 Å². The summed E-state index contributed by atoms with van der Waals surface area (Å²) < 4.78 is 47.1. The summed E-state index contributed by atoms with van der Waals surface area (Å²) >= 11 is 0. The fourth-order valence-corrected chi connectivity index (χ4v) is 12.3. The van der Waals surface area contributed by atoms with Gasteiger partial charge in [-0.3, -0.25) is 0 Å². The minimum Gasteiger partial charge on any atom is -0.716 e. The molecular formula is C36H53O7S-. The van der Waals surface area contributed by atoms with Crippen LogP contribution in [0.4, 0.5) is 0 Å². The predicted molar refractivity (Wildman–Crippen MR) is 169 cm³/mol. The standard InChI is InChI=1S/C36H54O7S/c1-22(2)9-8-16-36(7)29(38)14-19-34(5)27-12-17-33(4)26(32(27,3)20-15-30(34)42-36)13-18-35(6)28(33)21-23-24(37)10-11-25(31(23)35)43-44(39,40)41/h9-11,26-30,37-38H,8,12-21H2,1-7H3,(H,39,40,41)/p-1/t26-,27-,28+,29-,30+,32-,33-,34+,35+,36-/m1/s1. The molecule has 0 radical (unpaired) electrons. The molecule has 3 saturated carbocycles. The minimum absolute atomic E-state index is 0.0231. The van der Waals surface area contributed by atoms with Crippen molar-refractivity contribution >= 4 is 10.4 Å². The zero-order valence-electron chi connectivity index (χ0n) is 27.7. The number of ether oxygens (including phenoxy) is 1. The number of aliphatic hydroxyl groups excluding tert-OH is 1. The molecule has 44 heavy (non-hydrogen) atoms. The van der Waals surface area contributed by atoms with Crippen molar-refractivity contribution in [3.8, 4) is 11.5 Å². The lowest BCUT2D eigenvalue weighted by molar-refractivity contribution is -0.236. The maximum Gasteiger partial charge on any atom is 0.262 e. The zero-order chi connectivity index (χ0) is 32.1. The van der Waals surface area contributed by atoms with Crippen LogP contribution in [0.25, 0.3) is 0 Å². The molecule has 246 valence electrons. The molecule has 0 spiro atoms. The maximum atomic E-state index is 11.7. The third kappa shape index (κ3) is 4.79. The van der Waals surface area contributed by atoms with Gasteiger partial charge in [-0.15, -0.1) is 0 Å². The molecule has 0 amide bonds. The van der Waals surface area contributed by atoms with Gasteiger partial charge in [0, 0.05) is 16.5 Å². The minimum atomic E-state index is -4.95. The van der Waals surface area contributed by atoms with E-state index in [-0.39, 0.29) is 39.8 Å². The van der Waals surface area contributed by atoms with Gasteiger partial charge in [-0.25, -0.2) is 8.42 Å². The second-order valence-electron chi connectivity index (χ2n) is 16.6. The first-order chi connectivity index (χ1) is 20.4. The molecule has 8 heteroatoms. The van der Waals surface area contributed by atoms with Gasteiger partial charge in [0.25, 0.3) is 10.4 Å². The lowest BCUT2D eigenvalue weighted by Crippen LogP contribution is -2.64. The number of fused-ring (bicyclic) bond motifs is 9. The first-order valence-corrected chi connectivity index (χ1v) is 18.2. The lowest BCUT2D eigenvalue weighted by Gasteiger charge is -2.69. The SMILES string of the molecule is CC(C)=CCC[C@@]1(C)O[C@H]2CC[C@@]3(C)[C@@H](CC[C@]4(C)[C@@H]3CC[C@]3(C)c5c(OS(=O)(=O)[O-])ccc(O)c5C[C@@H]43)[C@]2(C)CC[C@H]1O. The highest BCUT2D eigenvalue weighted by Gasteiger charge is 2.68. The smallest absolute Gasteiger partial charge is 0.262 e. The molecule has 1 saturated heterocycles. The second-order valence-corrected chi connectivity index (χ2v) is 17.6. The van der Waals surface area contributed by atoms with Gasteiger partial charge in [0.1, 0.15) is 11.5 Å². The van der Waals surface area contributed by atoms with Gasteiger partial charge in [0.05, 0.1) is 17.8 Å². The Morgan fingerprint density at radius 2 is 1.57 bits per heavy atom. The van der Waals surface area contributed by atoms with Crippen LogP contribution in [-0.2, 0) is 27.0 Å². The molecule has 10 atom stereocenters. The fraction of sp³-hybridized carbons (Fsp3) is 0.778. The van der Waals surface area contributed by atoms with Crippen LogP contribution in [0.15, 0.2) is 23.8 Å². The van der Waals surface area contributed by atoms with Crippen molar-refractivity contribution in [1.29, 1.82) is 0 Å². The zero-order valence-corrected chi connectivity index (χ0v) is 28.6. The van der Waals surface area contributed by atoms with E-state index in [1.54, 1.807) is 0 Å². The Morgan fingerprint density at radius 1 is 0.955 bits per heavy atom. The van der Waals surface area contributed by atoms with E-state index in [0.717, 1.165) is 69.8 Å². The quantitative estimate of drug-likeness (QED) is 0.199. The molecule has 1 aromatic carbocycles. The molecule has 1 aromatic rings. The first kappa shape index (κ1) is 32.3. The van der Waals surface area contributed by atoms with Crippen LogP contribution in [0.2, 0.25) is 0 Å². The van der Waals surface area contributed by atoms with Gasteiger partial charge in [-0.1, -0.05) is 39.3 Å². The average Bonchev–Trinajstić information content (AvgIpc) is 3.20. The number of hydrogen-bond donors (Lipinski definition) is 2. The summed E-state index contributed by atoms with van der Waals surface area (Å²) in [6.07, 6.45) is 12.0. The average molecular weight is 630 g/mol. The van der Waals surface area contributed by atoms with Gasteiger partial charge in [0.15, 0.2) is 0 Å². The molecule has 4 aliphatic carbocycles. The Bertz CT molecular complexity index is 1450. The van der Waals surface area contributed by atoms with Crippen molar-refractivity contribution < 1.29 is 32.1 Å². The molecule has 0 aromatic heterocycles. The van der Waals surface area contributed by atoms with E-state index in [2.05, 4.69) is 54.5 Å². The Balaban J connectivity index is 1.31. The summed E-state index contributed by atoms with van der Waals surface area (Å²) in [5.41, 5.74) is 1.85. The van der Waals surface area contributed by atoms with Gasteiger partial charge in [-0.2, -0.15) is 0 Å². The van der Waals surface area contributed by atoms with Crippen molar-refractivity contribution in [2.45, 2.75) is 142 Å². The molecule has 1 aliphatic heterocycles. The van der Waals surface area contributed by atoms with Crippen molar-refractivity contribution in [2.24, 2.45) is 34.0 Å². The van der Waals surface area contributed by atoms with Crippen molar-refractivity contribution in [3.05, 3.63) is 34.9 Å². The Labute approximate surface area is 264 Å². The molecule has 1 heterocycles. The highest BCUT2D eigenvalue weighted by Crippen LogP contribution is 2.74. The molecule has 6 rings (SSSR count). The van der Waals surface area contributed by atoms with Crippen LogP contribution >= 0.6 is 0 Å². The molecule has 4 fully saturated rings. The highest BCUT2D eigenvalue weighted by molar-refractivity contribution is 7.81. The van der Waals surface area contributed by atoms with E-state index in [9.17, 15) is 23.2 Å². The van der Waals surface area contributed by atoms with E-state index in [1.165, 1.54) is 17.7 Å². The second kappa shape index (κ2) is 10.4. The lowest BCUT2D eigenvalue weighted by atomic mass is 9.36. The summed E-state index contributed by atoms with van der Waals surface area (Å²) in [7, 11) is -4.95. The Hall–Kier alpha value is -1.61. The molecular weight excluding hydrogens is 576 g/mol. The number of phenols is 1. The van der Waals surface area contributed by atoms with Gasteiger partial charge >= 0.3 is 0 Å². The summed E-state index contributed by atoms with van der Waals surface area (Å²) in [5, 5.41) is 22.4. The topological polar surface area (TPSA) is 116 Å². The summed E-state index contributed by atoms with van der Waals surface area (Å²) in [4.78, 5) is 0.